The summed E-state index contributed by atoms with van der Waals surface area (Å²) in [5.74, 6) is 1.60. The first-order valence-corrected chi connectivity index (χ1v) is 5.60. The lowest BCUT2D eigenvalue weighted by Gasteiger charge is -1.97. The van der Waals surface area contributed by atoms with E-state index < -0.39 is 0 Å². The number of fused-ring (bicyclic) bond motifs is 1. The second-order valence-electron chi connectivity index (χ2n) is 3.85. The fourth-order valence-electron chi connectivity index (χ4n) is 2.00. The molecule has 0 aromatic carbocycles. The van der Waals surface area contributed by atoms with Gasteiger partial charge in [-0.15, -0.1) is 0 Å². The molecule has 0 bridgehead atoms. The van der Waals surface area contributed by atoms with E-state index in [4.69, 9.17) is 10.2 Å². The highest BCUT2D eigenvalue weighted by molar-refractivity contribution is 5.62. The van der Waals surface area contributed by atoms with E-state index in [1.807, 2.05) is 40.9 Å². The molecule has 3 aromatic heterocycles. The number of pyridine rings is 1. The van der Waals surface area contributed by atoms with Crippen molar-refractivity contribution in [3.05, 3.63) is 48.5 Å². The van der Waals surface area contributed by atoms with Gasteiger partial charge in [0.2, 0.25) is 0 Å². The highest BCUT2D eigenvalue weighted by atomic mass is 16.3. The fourth-order valence-corrected chi connectivity index (χ4v) is 2.00. The molecule has 17 heavy (non-hydrogen) atoms. The van der Waals surface area contributed by atoms with Crippen molar-refractivity contribution in [2.45, 2.75) is 6.42 Å². The molecule has 2 N–H and O–H groups in total. The van der Waals surface area contributed by atoms with Gasteiger partial charge in [-0.05, 0) is 30.8 Å². The third-order valence-electron chi connectivity index (χ3n) is 2.75. The molecule has 0 atom stereocenters. The molecule has 86 valence electrons. The van der Waals surface area contributed by atoms with Gasteiger partial charge in [0, 0.05) is 12.6 Å². The number of furan rings is 1. The maximum atomic E-state index is 5.61. The molecular formula is C13H13N3O. The SMILES string of the molecule is NCCc1nc(-c2ccco2)n2ccccc12. The first-order valence-electron chi connectivity index (χ1n) is 5.60. The molecule has 0 saturated carbocycles. The van der Waals surface area contributed by atoms with Crippen LogP contribution in [0, 0.1) is 0 Å². The molecular weight excluding hydrogens is 214 g/mol. The number of nitrogens with two attached hydrogens (primary N) is 1. The van der Waals surface area contributed by atoms with Gasteiger partial charge in [-0.2, -0.15) is 0 Å². The molecule has 0 saturated heterocycles. The number of rotatable bonds is 3. The van der Waals surface area contributed by atoms with Crippen LogP contribution in [0.15, 0.2) is 47.2 Å². The number of hydrogen-bond donors (Lipinski definition) is 1. The Morgan fingerprint density at radius 2 is 2.18 bits per heavy atom. The highest BCUT2D eigenvalue weighted by Crippen LogP contribution is 2.23. The van der Waals surface area contributed by atoms with Gasteiger partial charge in [-0.3, -0.25) is 4.40 Å². The van der Waals surface area contributed by atoms with Crippen LogP contribution in [0.4, 0.5) is 0 Å². The third kappa shape index (κ3) is 1.62. The summed E-state index contributed by atoms with van der Waals surface area (Å²) in [6, 6.07) is 9.80. The summed E-state index contributed by atoms with van der Waals surface area (Å²) in [7, 11) is 0. The van der Waals surface area contributed by atoms with E-state index in [0.29, 0.717) is 6.54 Å². The van der Waals surface area contributed by atoms with Gasteiger partial charge in [0.05, 0.1) is 17.5 Å². The molecule has 0 fully saturated rings. The Kier molecular flexibility index (Phi) is 2.42. The minimum absolute atomic E-state index is 0.596. The van der Waals surface area contributed by atoms with Crippen LogP contribution in [0.2, 0.25) is 0 Å². The van der Waals surface area contributed by atoms with Crippen molar-refractivity contribution in [2.75, 3.05) is 6.54 Å². The standard InChI is InChI=1S/C13H13N3O/c14-7-6-10-11-4-1-2-8-16(11)13(15-10)12-5-3-9-17-12/h1-5,8-9H,6-7,14H2. The lowest BCUT2D eigenvalue weighted by atomic mass is 10.2. The summed E-state index contributed by atoms with van der Waals surface area (Å²) in [6.07, 6.45) is 4.41. The number of nitrogens with zero attached hydrogens (tertiary/aromatic N) is 2. The van der Waals surface area contributed by atoms with Crippen LogP contribution >= 0.6 is 0 Å². The van der Waals surface area contributed by atoms with Crippen molar-refractivity contribution in [2.24, 2.45) is 5.73 Å². The second-order valence-corrected chi connectivity index (χ2v) is 3.85. The van der Waals surface area contributed by atoms with Gasteiger partial charge in [0.1, 0.15) is 0 Å². The lowest BCUT2D eigenvalue weighted by Crippen LogP contribution is -2.03. The molecule has 4 nitrogen and oxygen atoms in total. The van der Waals surface area contributed by atoms with Crippen molar-refractivity contribution in [1.29, 1.82) is 0 Å². The molecule has 4 heteroatoms. The number of aromatic nitrogens is 2. The zero-order chi connectivity index (χ0) is 11.7. The minimum atomic E-state index is 0.596. The van der Waals surface area contributed by atoms with E-state index in [1.54, 1.807) is 6.26 Å². The summed E-state index contributed by atoms with van der Waals surface area (Å²) in [5, 5.41) is 0. The van der Waals surface area contributed by atoms with Crippen LogP contribution in [0.5, 0.6) is 0 Å². The van der Waals surface area contributed by atoms with Crippen molar-refractivity contribution in [3.8, 4) is 11.6 Å². The molecule has 0 aliphatic heterocycles. The monoisotopic (exact) mass is 227 g/mol. The van der Waals surface area contributed by atoms with Crippen LogP contribution in [0.1, 0.15) is 5.69 Å². The largest absolute Gasteiger partial charge is 0.461 e. The Hall–Kier alpha value is -2.07. The predicted molar refractivity (Wildman–Crippen MR) is 65.7 cm³/mol. The molecule has 3 heterocycles. The van der Waals surface area contributed by atoms with Crippen LogP contribution in [0.3, 0.4) is 0 Å². The third-order valence-corrected chi connectivity index (χ3v) is 2.75. The van der Waals surface area contributed by atoms with Crippen LogP contribution in [-0.4, -0.2) is 15.9 Å². The van der Waals surface area contributed by atoms with Gasteiger partial charge in [-0.25, -0.2) is 4.98 Å². The molecule has 0 radical (unpaired) electrons. The molecule has 0 amide bonds. The Morgan fingerprint density at radius 1 is 1.24 bits per heavy atom. The first-order chi connectivity index (χ1) is 8.40. The average molecular weight is 227 g/mol. The predicted octanol–water partition coefficient (Wildman–Crippen LogP) is 2.10. The van der Waals surface area contributed by atoms with E-state index >= 15 is 0 Å². The molecule has 0 aliphatic carbocycles. The normalized spacial score (nSPS) is 11.1. The van der Waals surface area contributed by atoms with Crippen LogP contribution < -0.4 is 5.73 Å². The summed E-state index contributed by atoms with van der Waals surface area (Å²) < 4.78 is 7.44. The molecule has 3 rings (SSSR count). The second kappa shape index (κ2) is 4.07. The van der Waals surface area contributed by atoms with E-state index in [2.05, 4.69) is 4.98 Å². The fraction of sp³-hybridized carbons (Fsp3) is 0.154. The maximum absolute atomic E-state index is 5.61. The van der Waals surface area contributed by atoms with Gasteiger partial charge in [0.15, 0.2) is 11.6 Å². The Labute approximate surface area is 98.7 Å². The van der Waals surface area contributed by atoms with Crippen molar-refractivity contribution in [3.63, 3.8) is 0 Å². The number of hydrogen-bond acceptors (Lipinski definition) is 3. The smallest absolute Gasteiger partial charge is 0.181 e. The van der Waals surface area contributed by atoms with E-state index in [0.717, 1.165) is 29.2 Å². The van der Waals surface area contributed by atoms with E-state index in [-0.39, 0.29) is 0 Å². The molecule has 3 aromatic rings. The summed E-state index contributed by atoms with van der Waals surface area (Å²) in [5.41, 5.74) is 7.71. The van der Waals surface area contributed by atoms with Crippen molar-refractivity contribution in [1.82, 2.24) is 9.38 Å². The van der Waals surface area contributed by atoms with Crippen molar-refractivity contribution < 1.29 is 4.42 Å². The zero-order valence-electron chi connectivity index (χ0n) is 9.34. The molecule has 0 aliphatic rings. The molecule has 0 unspecified atom stereocenters. The van der Waals surface area contributed by atoms with Crippen LogP contribution in [0.25, 0.3) is 17.1 Å². The quantitative estimate of drug-likeness (QED) is 0.745. The van der Waals surface area contributed by atoms with Gasteiger partial charge >= 0.3 is 0 Å². The Balaban J connectivity index is 2.25. The maximum Gasteiger partial charge on any atom is 0.181 e. The average Bonchev–Trinajstić information content (AvgIpc) is 2.97. The number of imidazole rings is 1. The first kappa shape index (κ1) is 10.1. The molecule has 0 spiro atoms. The Morgan fingerprint density at radius 3 is 2.94 bits per heavy atom. The van der Waals surface area contributed by atoms with Crippen LogP contribution in [-0.2, 0) is 6.42 Å². The highest BCUT2D eigenvalue weighted by Gasteiger charge is 2.13. The lowest BCUT2D eigenvalue weighted by molar-refractivity contribution is 0.577. The summed E-state index contributed by atoms with van der Waals surface area (Å²) in [6.45, 7) is 0.596. The topological polar surface area (TPSA) is 56.5 Å². The summed E-state index contributed by atoms with van der Waals surface area (Å²) >= 11 is 0. The van der Waals surface area contributed by atoms with Gasteiger partial charge in [0.25, 0.3) is 0 Å². The zero-order valence-corrected chi connectivity index (χ0v) is 9.34. The van der Waals surface area contributed by atoms with E-state index in [9.17, 15) is 0 Å². The minimum Gasteiger partial charge on any atom is -0.461 e. The summed E-state index contributed by atoms with van der Waals surface area (Å²) in [4.78, 5) is 4.61. The van der Waals surface area contributed by atoms with Crippen molar-refractivity contribution >= 4 is 5.52 Å². The van der Waals surface area contributed by atoms with Gasteiger partial charge < -0.3 is 10.2 Å². The van der Waals surface area contributed by atoms with Gasteiger partial charge in [-0.1, -0.05) is 6.07 Å². The Bertz CT molecular complexity index is 625. The van der Waals surface area contributed by atoms with E-state index in [1.165, 1.54) is 0 Å².